The summed E-state index contributed by atoms with van der Waals surface area (Å²) >= 11 is 3.23. The van der Waals surface area contributed by atoms with E-state index in [9.17, 15) is 4.39 Å². The van der Waals surface area contributed by atoms with Crippen molar-refractivity contribution in [3.63, 3.8) is 0 Å². The smallest absolute Gasteiger partial charge is 0.147 e. The number of hydrogen-bond acceptors (Lipinski definition) is 1. The van der Waals surface area contributed by atoms with Gasteiger partial charge in [-0.05, 0) is 23.8 Å². The summed E-state index contributed by atoms with van der Waals surface area (Å²) in [6, 6.07) is 15.0. The van der Waals surface area contributed by atoms with Crippen molar-refractivity contribution in [3.8, 4) is 0 Å². The van der Waals surface area contributed by atoms with Gasteiger partial charge in [0.05, 0.1) is 5.69 Å². The fourth-order valence-electron chi connectivity index (χ4n) is 1.56. The highest BCUT2D eigenvalue weighted by atomic mass is 79.9. The lowest BCUT2D eigenvalue weighted by molar-refractivity contribution is 0.630. The van der Waals surface area contributed by atoms with Crippen LogP contribution in [0.4, 0.5) is 10.1 Å². The van der Waals surface area contributed by atoms with E-state index in [0.717, 1.165) is 10.0 Å². The predicted octanol–water partition coefficient (Wildman–Crippen LogP) is 4.71. The normalized spacial score (nSPS) is 10.8. The molecule has 0 spiro atoms. The minimum Gasteiger partial charge on any atom is -0.379 e. The third-order valence-electron chi connectivity index (χ3n) is 2.45. The van der Waals surface area contributed by atoms with E-state index in [1.165, 1.54) is 6.07 Å². The first-order chi connectivity index (χ1) is 8.75. The van der Waals surface area contributed by atoms with E-state index in [-0.39, 0.29) is 5.82 Å². The van der Waals surface area contributed by atoms with Crippen molar-refractivity contribution in [1.82, 2.24) is 0 Å². The highest BCUT2D eigenvalue weighted by molar-refractivity contribution is 9.10. The van der Waals surface area contributed by atoms with Gasteiger partial charge in [-0.2, -0.15) is 0 Å². The molecule has 2 rings (SSSR count). The molecule has 0 saturated carbocycles. The SMILES string of the molecule is Fc1cc(Br)ccc1NCC=Cc1ccccc1. The molecule has 0 unspecified atom stereocenters. The minimum atomic E-state index is -0.252. The molecule has 0 bridgehead atoms. The monoisotopic (exact) mass is 305 g/mol. The molecule has 0 fully saturated rings. The second-order valence-corrected chi connectivity index (χ2v) is 4.73. The fraction of sp³-hybridized carbons (Fsp3) is 0.0667. The Labute approximate surface area is 114 Å². The molecule has 0 aliphatic rings. The highest BCUT2D eigenvalue weighted by Gasteiger charge is 2.00. The molecule has 18 heavy (non-hydrogen) atoms. The van der Waals surface area contributed by atoms with Gasteiger partial charge in [-0.15, -0.1) is 0 Å². The Bertz CT molecular complexity index is 537. The molecule has 0 radical (unpaired) electrons. The molecule has 2 aromatic carbocycles. The summed E-state index contributed by atoms with van der Waals surface area (Å²) in [6.07, 6.45) is 3.97. The molecule has 92 valence electrons. The highest BCUT2D eigenvalue weighted by Crippen LogP contribution is 2.19. The van der Waals surface area contributed by atoms with E-state index >= 15 is 0 Å². The number of benzene rings is 2. The van der Waals surface area contributed by atoms with Crippen LogP contribution in [-0.4, -0.2) is 6.54 Å². The van der Waals surface area contributed by atoms with Crippen molar-refractivity contribution in [2.75, 3.05) is 11.9 Å². The topological polar surface area (TPSA) is 12.0 Å². The lowest BCUT2D eigenvalue weighted by atomic mass is 10.2. The number of halogens is 2. The molecular weight excluding hydrogens is 293 g/mol. The molecular formula is C15H13BrFN. The Morgan fingerprint density at radius 3 is 2.61 bits per heavy atom. The average molecular weight is 306 g/mol. The van der Waals surface area contributed by atoms with Gasteiger partial charge in [0, 0.05) is 11.0 Å². The summed E-state index contributed by atoms with van der Waals surface area (Å²) in [7, 11) is 0. The van der Waals surface area contributed by atoms with Gasteiger partial charge in [0.2, 0.25) is 0 Å². The van der Waals surface area contributed by atoms with E-state index < -0.39 is 0 Å². The van der Waals surface area contributed by atoms with Crippen molar-refractivity contribution in [3.05, 3.63) is 70.5 Å². The van der Waals surface area contributed by atoms with E-state index in [0.29, 0.717) is 12.2 Å². The van der Waals surface area contributed by atoms with Crippen molar-refractivity contribution in [1.29, 1.82) is 0 Å². The zero-order valence-corrected chi connectivity index (χ0v) is 11.3. The third-order valence-corrected chi connectivity index (χ3v) is 2.94. The summed E-state index contributed by atoms with van der Waals surface area (Å²) in [4.78, 5) is 0. The number of hydrogen-bond donors (Lipinski definition) is 1. The summed E-state index contributed by atoms with van der Waals surface area (Å²) < 4.78 is 14.2. The predicted molar refractivity (Wildman–Crippen MR) is 78.1 cm³/mol. The van der Waals surface area contributed by atoms with Gasteiger partial charge < -0.3 is 5.32 Å². The van der Waals surface area contributed by atoms with Crippen LogP contribution in [0.1, 0.15) is 5.56 Å². The number of nitrogens with one attached hydrogen (secondary N) is 1. The third kappa shape index (κ3) is 3.70. The van der Waals surface area contributed by atoms with Gasteiger partial charge in [-0.1, -0.05) is 58.4 Å². The maximum atomic E-state index is 13.5. The quantitative estimate of drug-likeness (QED) is 0.862. The van der Waals surface area contributed by atoms with E-state index in [1.807, 2.05) is 48.6 Å². The van der Waals surface area contributed by atoms with Gasteiger partial charge >= 0.3 is 0 Å². The molecule has 0 aromatic heterocycles. The van der Waals surface area contributed by atoms with Crippen LogP contribution in [0, 0.1) is 5.82 Å². The average Bonchev–Trinajstić information content (AvgIpc) is 2.38. The largest absolute Gasteiger partial charge is 0.379 e. The van der Waals surface area contributed by atoms with Gasteiger partial charge in [-0.3, -0.25) is 0 Å². The first-order valence-corrected chi connectivity index (χ1v) is 6.45. The van der Waals surface area contributed by atoms with Gasteiger partial charge in [-0.25, -0.2) is 4.39 Å². The van der Waals surface area contributed by atoms with Crippen LogP contribution in [0.25, 0.3) is 6.08 Å². The Morgan fingerprint density at radius 2 is 1.89 bits per heavy atom. The van der Waals surface area contributed by atoms with Crippen molar-refractivity contribution >= 4 is 27.7 Å². The van der Waals surface area contributed by atoms with Crippen LogP contribution in [0.3, 0.4) is 0 Å². The van der Waals surface area contributed by atoms with Gasteiger partial charge in [0.15, 0.2) is 0 Å². The number of anilines is 1. The molecule has 0 aliphatic heterocycles. The first kappa shape index (κ1) is 12.8. The summed E-state index contributed by atoms with van der Waals surface area (Å²) in [5.41, 5.74) is 1.64. The molecule has 0 saturated heterocycles. The fourth-order valence-corrected chi connectivity index (χ4v) is 1.89. The maximum Gasteiger partial charge on any atom is 0.147 e. The van der Waals surface area contributed by atoms with Gasteiger partial charge in [0.25, 0.3) is 0 Å². The summed E-state index contributed by atoms with van der Waals surface area (Å²) in [5, 5.41) is 3.03. The van der Waals surface area contributed by atoms with E-state index in [2.05, 4.69) is 21.2 Å². The molecule has 1 N–H and O–H groups in total. The molecule has 3 heteroatoms. The Balaban J connectivity index is 1.91. The zero-order valence-electron chi connectivity index (χ0n) is 9.74. The zero-order chi connectivity index (χ0) is 12.8. The second-order valence-electron chi connectivity index (χ2n) is 3.82. The van der Waals surface area contributed by atoms with Crippen molar-refractivity contribution < 1.29 is 4.39 Å². The van der Waals surface area contributed by atoms with Crippen molar-refractivity contribution in [2.45, 2.75) is 0 Å². The summed E-state index contributed by atoms with van der Waals surface area (Å²) in [5.74, 6) is -0.252. The van der Waals surface area contributed by atoms with Crippen LogP contribution < -0.4 is 5.32 Å². The second kappa shape index (κ2) is 6.36. The molecule has 1 nitrogen and oxygen atoms in total. The van der Waals surface area contributed by atoms with Crippen LogP contribution in [0.5, 0.6) is 0 Å². The minimum absolute atomic E-state index is 0.252. The molecule has 0 atom stereocenters. The Kier molecular flexibility index (Phi) is 4.53. The van der Waals surface area contributed by atoms with Crippen LogP contribution in [0.15, 0.2) is 59.1 Å². The Hall–Kier alpha value is -1.61. The molecule has 0 amide bonds. The van der Waals surface area contributed by atoms with E-state index in [4.69, 9.17) is 0 Å². The lowest BCUT2D eigenvalue weighted by Crippen LogP contribution is -2.00. The maximum absolute atomic E-state index is 13.5. The molecule has 0 heterocycles. The standard InChI is InChI=1S/C15H13BrFN/c16-13-8-9-15(14(17)11-13)18-10-4-7-12-5-2-1-3-6-12/h1-9,11,18H,10H2. The Morgan fingerprint density at radius 1 is 1.11 bits per heavy atom. The van der Waals surface area contributed by atoms with Crippen LogP contribution >= 0.6 is 15.9 Å². The summed E-state index contributed by atoms with van der Waals surface area (Å²) in [6.45, 7) is 0.591. The van der Waals surface area contributed by atoms with E-state index in [1.54, 1.807) is 6.07 Å². The molecule has 2 aromatic rings. The van der Waals surface area contributed by atoms with Gasteiger partial charge in [0.1, 0.15) is 5.82 Å². The van der Waals surface area contributed by atoms with Crippen LogP contribution in [0.2, 0.25) is 0 Å². The van der Waals surface area contributed by atoms with Crippen molar-refractivity contribution in [2.24, 2.45) is 0 Å². The molecule has 0 aliphatic carbocycles. The first-order valence-electron chi connectivity index (χ1n) is 5.66. The van der Waals surface area contributed by atoms with Crippen LogP contribution in [-0.2, 0) is 0 Å². The lowest BCUT2D eigenvalue weighted by Gasteiger charge is -2.04. The number of rotatable bonds is 4.